The molecule has 1 atom stereocenters. The van der Waals surface area contributed by atoms with Gasteiger partial charge in [-0.05, 0) is 50.3 Å². The van der Waals surface area contributed by atoms with Crippen LogP contribution < -0.4 is 5.32 Å². The molecule has 128 valence electrons. The first-order chi connectivity index (χ1) is 11.7. The van der Waals surface area contributed by atoms with Crippen molar-refractivity contribution >= 4 is 28.1 Å². The molecule has 0 radical (unpaired) electrons. The molecule has 1 N–H and O–H groups in total. The number of nitrogens with zero attached hydrogens (tertiary/aromatic N) is 2. The van der Waals surface area contributed by atoms with Crippen LogP contribution in [0.15, 0.2) is 29.6 Å². The SMILES string of the molecule is CCc1ccc(Nc2nc(CC(=O)N3CCCCC3C)cs2)cc1. The number of piperidine rings is 1. The van der Waals surface area contributed by atoms with Crippen molar-refractivity contribution in [3.63, 3.8) is 0 Å². The Morgan fingerprint density at radius 1 is 1.33 bits per heavy atom. The molecule has 4 nitrogen and oxygen atoms in total. The van der Waals surface area contributed by atoms with Gasteiger partial charge < -0.3 is 10.2 Å². The summed E-state index contributed by atoms with van der Waals surface area (Å²) in [5.41, 5.74) is 3.21. The molecule has 2 aromatic rings. The summed E-state index contributed by atoms with van der Waals surface area (Å²) >= 11 is 1.55. The van der Waals surface area contributed by atoms with Gasteiger partial charge in [0.15, 0.2) is 5.13 Å². The van der Waals surface area contributed by atoms with Crippen LogP contribution in [0.2, 0.25) is 0 Å². The lowest BCUT2D eigenvalue weighted by molar-refractivity contribution is -0.133. The molecule has 0 aliphatic carbocycles. The zero-order valence-electron chi connectivity index (χ0n) is 14.4. The third kappa shape index (κ3) is 4.15. The van der Waals surface area contributed by atoms with Gasteiger partial charge in [-0.3, -0.25) is 4.79 Å². The maximum atomic E-state index is 12.5. The summed E-state index contributed by atoms with van der Waals surface area (Å²) in [4.78, 5) is 19.1. The molecule has 1 fully saturated rings. The maximum Gasteiger partial charge on any atom is 0.228 e. The van der Waals surface area contributed by atoms with Crippen molar-refractivity contribution in [2.75, 3.05) is 11.9 Å². The minimum absolute atomic E-state index is 0.200. The van der Waals surface area contributed by atoms with Crippen LogP contribution in [0.4, 0.5) is 10.8 Å². The number of aryl methyl sites for hydroxylation is 1. The smallest absolute Gasteiger partial charge is 0.228 e. The summed E-state index contributed by atoms with van der Waals surface area (Å²) in [7, 11) is 0. The molecule has 24 heavy (non-hydrogen) atoms. The van der Waals surface area contributed by atoms with E-state index in [0.29, 0.717) is 12.5 Å². The lowest BCUT2D eigenvalue weighted by Gasteiger charge is -2.33. The van der Waals surface area contributed by atoms with Gasteiger partial charge in [-0.15, -0.1) is 11.3 Å². The second-order valence-electron chi connectivity index (χ2n) is 6.43. The molecule has 0 bridgehead atoms. The Kier molecular flexibility index (Phi) is 5.51. The molecule has 1 unspecified atom stereocenters. The predicted octanol–water partition coefficient (Wildman–Crippen LogP) is 4.39. The first-order valence-corrected chi connectivity index (χ1v) is 9.63. The van der Waals surface area contributed by atoms with Crippen molar-refractivity contribution in [1.29, 1.82) is 0 Å². The Hall–Kier alpha value is -1.88. The number of nitrogens with one attached hydrogen (secondary N) is 1. The number of hydrogen-bond donors (Lipinski definition) is 1. The standard InChI is InChI=1S/C19H25N3OS/c1-3-15-7-9-16(10-8-15)20-19-21-17(13-24-19)12-18(23)22-11-5-4-6-14(22)2/h7-10,13-14H,3-6,11-12H2,1-2H3,(H,20,21). The van der Waals surface area contributed by atoms with E-state index < -0.39 is 0 Å². The summed E-state index contributed by atoms with van der Waals surface area (Å²) in [6.45, 7) is 5.18. The lowest BCUT2D eigenvalue weighted by atomic mass is 10.0. The molecule has 0 saturated carbocycles. The Morgan fingerprint density at radius 2 is 2.12 bits per heavy atom. The van der Waals surface area contributed by atoms with Crippen LogP contribution >= 0.6 is 11.3 Å². The number of hydrogen-bond acceptors (Lipinski definition) is 4. The highest BCUT2D eigenvalue weighted by atomic mass is 32.1. The van der Waals surface area contributed by atoms with Crippen LogP contribution in [0.1, 0.15) is 44.4 Å². The molecule has 2 heterocycles. The molecule has 1 aromatic carbocycles. The van der Waals surface area contributed by atoms with E-state index in [2.05, 4.69) is 48.4 Å². The van der Waals surface area contributed by atoms with Crippen LogP contribution in [0, 0.1) is 0 Å². The van der Waals surface area contributed by atoms with Gasteiger partial charge in [0.05, 0.1) is 12.1 Å². The number of thiazole rings is 1. The largest absolute Gasteiger partial charge is 0.340 e. The van der Waals surface area contributed by atoms with Gasteiger partial charge in [-0.25, -0.2) is 4.98 Å². The van der Waals surface area contributed by atoms with Gasteiger partial charge in [0, 0.05) is 23.7 Å². The highest BCUT2D eigenvalue weighted by molar-refractivity contribution is 7.13. The van der Waals surface area contributed by atoms with E-state index in [9.17, 15) is 4.79 Å². The van der Waals surface area contributed by atoms with Gasteiger partial charge in [0.25, 0.3) is 0 Å². The fourth-order valence-electron chi connectivity index (χ4n) is 3.12. The number of carbonyl (C=O) groups excluding carboxylic acids is 1. The number of amides is 1. The number of carbonyl (C=O) groups is 1. The van der Waals surface area contributed by atoms with E-state index in [1.54, 1.807) is 11.3 Å². The van der Waals surface area contributed by atoms with E-state index in [4.69, 9.17) is 0 Å². The molecular weight excluding hydrogens is 318 g/mol. The summed E-state index contributed by atoms with van der Waals surface area (Å²) in [6, 6.07) is 8.75. The maximum absolute atomic E-state index is 12.5. The first kappa shape index (κ1) is 17.0. The predicted molar refractivity (Wildman–Crippen MR) is 99.9 cm³/mol. The zero-order valence-corrected chi connectivity index (χ0v) is 15.2. The number of likely N-dealkylation sites (tertiary alicyclic amines) is 1. The van der Waals surface area contributed by atoms with Crippen LogP contribution in [0.25, 0.3) is 0 Å². The molecule has 3 rings (SSSR count). The summed E-state index contributed by atoms with van der Waals surface area (Å²) < 4.78 is 0. The zero-order chi connectivity index (χ0) is 16.9. The molecule has 1 aromatic heterocycles. The van der Waals surface area contributed by atoms with Crippen molar-refractivity contribution in [3.8, 4) is 0 Å². The van der Waals surface area contributed by atoms with Gasteiger partial charge in [0.2, 0.25) is 5.91 Å². The minimum atomic E-state index is 0.200. The van der Waals surface area contributed by atoms with Crippen molar-refractivity contribution in [3.05, 3.63) is 40.9 Å². The fraction of sp³-hybridized carbons (Fsp3) is 0.474. The molecule has 1 amide bonds. The Bertz CT molecular complexity index is 680. The number of benzene rings is 1. The van der Waals surface area contributed by atoms with E-state index in [1.165, 1.54) is 12.0 Å². The van der Waals surface area contributed by atoms with Crippen LogP contribution in [-0.2, 0) is 17.6 Å². The van der Waals surface area contributed by atoms with E-state index in [0.717, 1.165) is 42.3 Å². The number of rotatable bonds is 5. The molecule has 1 aliphatic heterocycles. The second kappa shape index (κ2) is 7.79. The summed E-state index contributed by atoms with van der Waals surface area (Å²) in [5, 5.41) is 6.14. The number of aromatic nitrogens is 1. The monoisotopic (exact) mass is 343 g/mol. The van der Waals surface area contributed by atoms with Crippen LogP contribution in [0.5, 0.6) is 0 Å². The Labute approximate surface area is 147 Å². The molecule has 5 heteroatoms. The third-order valence-corrected chi connectivity index (χ3v) is 5.43. The highest BCUT2D eigenvalue weighted by Crippen LogP contribution is 2.23. The Balaban J connectivity index is 1.59. The second-order valence-corrected chi connectivity index (χ2v) is 7.29. The topological polar surface area (TPSA) is 45.2 Å². The fourth-order valence-corrected chi connectivity index (χ4v) is 3.85. The number of anilines is 2. The van der Waals surface area contributed by atoms with Crippen molar-refractivity contribution in [1.82, 2.24) is 9.88 Å². The van der Waals surface area contributed by atoms with Crippen LogP contribution in [0.3, 0.4) is 0 Å². The van der Waals surface area contributed by atoms with E-state index in [1.807, 2.05) is 10.3 Å². The molecular formula is C19H25N3OS. The highest BCUT2D eigenvalue weighted by Gasteiger charge is 2.23. The molecule has 1 aliphatic rings. The van der Waals surface area contributed by atoms with Crippen molar-refractivity contribution in [2.24, 2.45) is 0 Å². The quantitative estimate of drug-likeness (QED) is 0.875. The van der Waals surface area contributed by atoms with Gasteiger partial charge in [-0.1, -0.05) is 19.1 Å². The summed E-state index contributed by atoms with van der Waals surface area (Å²) in [5.74, 6) is 0.200. The van der Waals surface area contributed by atoms with Crippen molar-refractivity contribution < 1.29 is 4.79 Å². The lowest BCUT2D eigenvalue weighted by Crippen LogP contribution is -2.42. The molecule has 0 spiro atoms. The minimum Gasteiger partial charge on any atom is -0.340 e. The molecule has 1 saturated heterocycles. The first-order valence-electron chi connectivity index (χ1n) is 8.75. The third-order valence-electron chi connectivity index (χ3n) is 4.62. The average Bonchev–Trinajstić information content (AvgIpc) is 3.02. The van der Waals surface area contributed by atoms with Gasteiger partial charge in [0.1, 0.15) is 0 Å². The van der Waals surface area contributed by atoms with E-state index >= 15 is 0 Å². The van der Waals surface area contributed by atoms with E-state index in [-0.39, 0.29) is 5.91 Å². The van der Waals surface area contributed by atoms with Crippen molar-refractivity contribution in [2.45, 2.75) is 52.0 Å². The normalized spacial score (nSPS) is 17.8. The van der Waals surface area contributed by atoms with Gasteiger partial charge >= 0.3 is 0 Å². The van der Waals surface area contributed by atoms with Crippen LogP contribution in [-0.4, -0.2) is 28.4 Å². The summed E-state index contributed by atoms with van der Waals surface area (Å²) in [6.07, 6.45) is 4.90. The Morgan fingerprint density at radius 3 is 2.83 bits per heavy atom. The average molecular weight is 343 g/mol. The van der Waals surface area contributed by atoms with Gasteiger partial charge in [-0.2, -0.15) is 0 Å².